The summed E-state index contributed by atoms with van der Waals surface area (Å²) in [4.78, 5) is 10.8. The van der Waals surface area contributed by atoms with Gasteiger partial charge in [0.05, 0.1) is 16.8 Å². The number of benzene rings is 10. The Morgan fingerprint density at radius 3 is 1.58 bits per heavy atom. The van der Waals surface area contributed by atoms with Crippen LogP contribution < -0.4 is 0 Å². The minimum absolute atomic E-state index is 0.204. The van der Waals surface area contributed by atoms with Gasteiger partial charge in [0.15, 0.2) is 5.82 Å². The number of rotatable bonds is 6. The Hall–Kier alpha value is -8.20. The van der Waals surface area contributed by atoms with Crippen LogP contribution in [0.1, 0.15) is 47.2 Å². The molecule has 0 aliphatic heterocycles. The number of hydrogen-bond acceptors (Lipinski definition) is 2. The van der Waals surface area contributed by atoms with Crippen LogP contribution in [0, 0.1) is 0 Å². The summed E-state index contributed by atoms with van der Waals surface area (Å²) in [6.07, 6.45) is 0. The Morgan fingerprint density at radius 2 is 0.833 bits per heavy atom. The summed E-state index contributed by atoms with van der Waals surface area (Å²) in [6, 6.07) is 84.3. The highest BCUT2D eigenvalue weighted by Gasteiger charge is 2.46. The Balaban J connectivity index is 1.01. The zero-order chi connectivity index (χ0) is 44.0. The highest BCUT2D eigenvalue weighted by molar-refractivity contribution is 6.07. The van der Waals surface area contributed by atoms with Crippen molar-refractivity contribution in [2.75, 3.05) is 0 Å². The fraction of sp³-hybridized carbons (Fsp3) is 0.0625. The van der Waals surface area contributed by atoms with Crippen molar-refractivity contribution in [1.82, 2.24) is 9.97 Å². The molecule has 0 saturated carbocycles. The highest BCUT2D eigenvalue weighted by atomic mass is 14.9. The van der Waals surface area contributed by atoms with E-state index in [0.717, 1.165) is 33.5 Å². The van der Waals surface area contributed by atoms with Crippen LogP contribution in [0.15, 0.2) is 231 Å². The molecule has 1 heterocycles. The lowest BCUT2D eigenvalue weighted by Crippen LogP contribution is -2.28. The van der Waals surface area contributed by atoms with Crippen molar-refractivity contribution < 1.29 is 0 Å². The molecule has 11 aromatic rings. The van der Waals surface area contributed by atoms with E-state index in [1.807, 2.05) is 6.07 Å². The molecule has 0 N–H and O–H groups in total. The van der Waals surface area contributed by atoms with Crippen molar-refractivity contribution in [2.45, 2.75) is 24.7 Å². The van der Waals surface area contributed by atoms with E-state index in [-0.39, 0.29) is 5.41 Å². The first-order chi connectivity index (χ1) is 32.5. The maximum Gasteiger partial charge on any atom is 0.160 e. The van der Waals surface area contributed by atoms with E-state index in [2.05, 4.69) is 238 Å². The topological polar surface area (TPSA) is 25.8 Å². The van der Waals surface area contributed by atoms with Gasteiger partial charge in [-0.05, 0) is 100 Å². The number of fused-ring (bicyclic) bond motifs is 9. The lowest BCUT2D eigenvalue weighted by Gasteiger charge is -2.34. The molecule has 2 aliphatic rings. The van der Waals surface area contributed by atoms with Gasteiger partial charge in [-0.2, -0.15) is 0 Å². The van der Waals surface area contributed by atoms with E-state index in [4.69, 9.17) is 9.97 Å². The maximum atomic E-state index is 5.41. The second-order valence-electron chi connectivity index (χ2n) is 18.4. The number of aromatic nitrogens is 2. The summed E-state index contributed by atoms with van der Waals surface area (Å²) in [5.74, 6) is 0.699. The lowest BCUT2D eigenvalue weighted by atomic mass is 9.67. The van der Waals surface area contributed by atoms with E-state index in [1.54, 1.807) is 0 Å². The smallest absolute Gasteiger partial charge is 0.160 e. The van der Waals surface area contributed by atoms with E-state index < -0.39 is 5.41 Å². The molecule has 0 amide bonds. The van der Waals surface area contributed by atoms with Crippen molar-refractivity contribution in [3.05, 3.63) is 264 Å². The van der Waals surface area contributed by atoms with E-state index >= 15 is 0 Å². The van der Waals surface area contributed by atoms with Gasteiger partial charge in [0, 0.05) is 22.1 Å². The summed E-state index contributed by atoms with van der Waals surface area (Å²) < 4.78 is 0. The Bertz CT molecular complexity index is 3680. The Kier molecular flexibility index (Phi) is 8.51. The first kappa shape index (κ1) is 38.3. The molecule has 66 heavy (non-hydrogen) atoms. The molecule has 13 rings (SSSR count). The van der Waals surface area contributed by atoms with E-state index in [9.17, 15) is 0 Å². The normalized spacial score (nSPS) is 13.8. The second-order valence-corrected chi connectivity index (χ2v) is 18.4. The summed E-state index contributed by atoms with van der Waals surface area (Å²) >= 11 is 0. The fourth-order valence-corrected chi connectivity index (χ4v) is 11.8. The van der Waals surface area contributed by atoms with Gasteiger partial charge >= 0.3 is 0 Å². The van der Waals surface area contributed by atoms with E-state index in [1.165, 1.54) is 82.9 Å². The first-order valence-corrected chi connectivity index (χ1v) is 23.0. The van der Waals surface area contributed by atoms with Crippen LogP contribution in [0.3, 0.4) is 0 Å². The predicted molar refractivity (Wildman–Crippen MR) is 274 cm³/mol. The third kappa shape index (κ3) is 5.55. The molecule has 10 aromatic carbocycles. The zero-order valence-electron chi connectivity index (χ0n) is 36.8. The Labute approximate surface area is 385 Å². The highest BCUT2D eigenvalue weighted by Crippen LogP contribution is 2.58. The van der Waals surface area contributed by atoms with Crippen molar-refractivity contribution in [1.29, 1.82) is 0 Å². The molecule has 0 bridgehead atoms. The van der Waals surface area contributed by atoms with Gasteiger partial charge < -0.3 is 0 Å². The zero-order valence-corrected chi connectivity index (χ0v) is 36.8. The molecule has 2 nitrogen and oxygen atoms in total. The largest absolute Gasteiger partial charge is 0.228 e. The average molecular weight is 841 g/mol. The van der Waals surface area contributed by atoms with Crippen LogP contribution in [-0.4, -0.2) is 9.97 Å². The van der Waals surface area contributed by atoms with Crippen LogP contribution in [0.4, 0.5) is 0 Å². The molecule has 2 heteroatoms. The lowest BCUT2D eigenvalue weighted by molar-refractivity contribution is 0.668. The summed E-state index contributed by atoms with van der Waals surface area (Å²) in [7, 11) is 0. The van der Waals surface area contributed by atoms with Crippen LogP contribution >= 0.6 is 0 Å². The maximum absolute atomic E-state index is 5.41. The van der Waals surface area contributed by atoms with Crippen LogP contribution in [0.2, 0.25) is 0 Å². The fourth-order valence-electron chi connectivity index (χ4n) is 11.8. The molecular weight excluding hydrogens is 797 g/mol. The van der Waals surface area contributed by atoms with Gasteiger partial charge in [0.1, 0.15) is 0 Å². The third-order valence-electron chi connectivity index (χ3n) is 14.5. The monoisotopic (exact) mass is 840 g/mol. The molecule has 0 unspecified atom stereocenters. The molecule has 0 saturated heterocycles. The molecule has 0 atom stereocenters. The van der Waals surface area contributed by atoms with Gasteiger partial charge in [0.2, 0.25) is 0 Å². The van der Waals surface area contributed by atoms with E-state index in [0.29, 0.717) is 5.82 Å². The number of hydrogen-bond donors (Lipinski definition) is 0. The minimum Gasteiger partial charge on any atom is -0.228 e. The Morgan fingerprint density at radius 1 is 0.318 bits per heavy atom. The molecule has 310 valence electrons. The van der Waals surface area contributed by atoms with Crippen molar-refractivity contribution in [3.8, 4) is 67.3 Å². The van der Waals surface area contributed by atoms with Gasteiger partial charge in [-0.25, -0.2) is 9.97 Å². The van der Waals surface area contributed by atoms with Gasteiger partial charge in [0.25, 0.3) is 0 Å². The molecule has 0 spiro atoms. The van der Waals surface area contributed by atoms with Crippen molar-refractivity contribution in [2.24, 2.45) is 0 Å². The minimum atomic E-state index is -0.519. The molecule has 1 aromatic heterocycles. The molecule has 2 aliphatic carbocycles. The second kappa shape index (κ2) is 14.7. The quantitative estimate of drug-likeness (QED) is 0.167. The molecular formula is C64H44N2. The molecule has 0 fully saturated rings. The van der Waals surface area contributed by atoms with Crippen LogP contribution in [-0.2, 0) is 10.8 Å². The third-order valence-corrected chi connectivity index (χ3v) is 14.5. The summed E-state index contributed by atoms with van der Waals surface area (Å²) in [6.45, 7) is 4.80. The standard InChI is InChI=1S/C64H44N2/c1-63(2)60-46-26-13-12-19-41(46)33-36-55(60)54-31-18-30-53(61(54)63)49-37-38-52(48-28-15-14-27-47(48)49)59-40-58(65-62(66-59)42-20-6-3-7-21-42)43-34-35-51-50-29-16-17-32-56(50)64(57(51)39-43,44-22-8-4-9-23-44)45-24-10-5-11-25-45/h3-40H,1-2H3. The first-order valence-electron chi connectivity index (χ1n) is 23.0. The summed E-state index contributed by atoms with van der Waals surface area (Å²) in [5.41, 5.74) is 19.6. The predicted octanol–water partition coefficient (Wildman–Crippen LogP) is 16.1. The van der Waals surface area contributed by atoms with Gasteiger partial charge in [-0.15, -0.1) is 0 Å². The van der Waals surface area contributed by atoms with Gasteiger partial charge in [-0.3, -0.25) is 0 Å². The van der Waals surface area contributed by atoms with Crippen LogP contribution in [0.25, 0.3) is 88.8 Å². The summed E-state index contributed by atoms with van der Waals surface area (Å²) in [5, 5.41) is 4.97. The molecule has 0 radical (unpaired) electrons. The van der Waals surface area contributed by atoms with Crippen molar-refractivity contribution in [3.63, 3.8) is 0 Å². The number of nitrogens with zero attached hydrogens (tertiary/aromatic N) is 2. The van der Waals surface area contributed by atoms with Crippen LogP contribution in [0.5, 0.6) is 0 Å². The SMILES string of the molecule is CC1(C)c2c(cccc2-c2ccc(-c3cc(-c4ccc5c(c4)C(c4ccccc4)(c4ccccc4)c4ccccc4-5)nc(-c4ccccc4)n3)c3ccccc23)-c2ccc3ccccc3c21. The van der Waals surface area contributed by atoms with Gasteiger partial charge in [-0.1, -0.05) is 232 Å². The average Bonchev–Trinajstić information content (AvgIpc) is 3.82. The van der Waals surface area contributed by atoms with Crippen molar-refractivity contribution >= 4 is 21.5 Å².